The number of hydrogen-bond donors (Lipinski definition) is 1. The highest BCUT2D eigenvalue weighted by molar-refractivity contribution is 4.83. The van der Waals surface area contributed by atoms with Gasteiger partial charge in [-0.05, 0) is 38.5 Å². The molecule has 0 heterocycles. The molecule has 0 aromatic carbocycles. The summed E-state index contributed by atoms with van der Waals surface area (Å²) in [5.74, 6) is 1.57. The van der Waals surface area contributed by atoms with Crippen molar-refractivity contribution in [1.82, 2.24) is 5.32 Å². The molecule has 1 fully saturated rings. The Labute approximate surface area is 113 Å². The van der Waals surface area contributed by atoms with Crippen LogP contribution in [0, 0.1) is 11.8 Å². The van der Waals surface area contributed by atoms with Gasteiger partial charge < -0.3 is 14.8 Å². The van der Waals surface area contributed by atoms with Crippen LogP contribution < -0.4 is 5.32 Å². The van der Waals surface area contributed by atoms with Gasteiger partial charge in [0.25, 0.3) is 0 Å². The third-order valence-electron chi connectivity index (χ3n) is 3.93. The fourth-order valence-corrected chi connectivity index (χ4v) is 3.00. The standard InChI is InChI=1S/C15H31NO2/c1-5-17-15(18-6-2)11-16-14-10-8-7-9-13(14)12(3)4/h12-16H,5-11H2,1-4H3. The van der Waals surface area contributed by atoms with Crippen LogP contribution in [-0.4, -0.2) is 32.1 Å². The van der Waals surface area contributed by atoms with Gasteiger partial charge in [0, 0.05) is 25.8 Å². The van der Waals surface area contributed by atoms with Crippen LogP contribution in [0.5, 0.6) is 0 Å². The van der Waals surface area contributed by atoms with E-state index in [1.54, 1.807) is 0 Å². The summed E-state index contributed by atoms with van der Waals surface area (Å²) in [6, 6.07) is 0.641. The van der Waals surface area contributed by atoms with E-state index < -0.39 is 0 Å². The van der Waals surface area contributed by atoms with E-state index in [1.807, 2.05) is 13.8 Å². The van der Waals surface area contributed by atoms with Crippen molar-refractivity contribution in [2.75, 3.05) is 19.8 Å². The SMILES string of the molecule is CCOC(CNC1CCCCC1C(C)C)OCC. The molecule has 0 aliphatic heterocycles. The summed E-state index contributed by atoms with van der Waals surface area (Å²) in [4.78, 5) is 0. The Morgan fingerprint density at radius 2 is 1.67 bits per heavy atom. The van der Waals surface area contributed by atoms with Gasteiger partial charge in [0.15, 0.2) is 6.29 Å². The van der Waals surface area contributed by atoms with Crippen molar-refractivity contribution in [2.24, 2.45) is 11.8 Å². The van der Waals surface area contributed by atoms with E-state index in [4.69, 9.17) is 9.47 Å². The van der Waals surface area contributed by atoms with Crippen molar-refractivity contribution < 1.29 is 9.47 Å². The molecule has 0 saturated heterocycles. The average Bonchev–Trinajstić information content (AvgIpc) is 2.36. The number of hydrogen-bond acceptors (Lipinski definition) is 3. The molecule has 1 aliphatic rings. The molecule has 0 spiro atoms. The van der Waals surface area contributed by atoms with Crippen molar-refractivity contribution in [1.29, 1.82) is 0 Å². The van der Waals surface area contributed by atoms with E-state index in [1.165, 1.54) is 25.7 Å². The lowest BCUT2D eigenvalue weighted by molar-refractivity contribution is -0.134. The third-order valence-corrected chi connectivity index (χ3v) is 3.93. The van der Waals surface area contributed by atoms with Crippen LogP contribution in [0.1, 0.15) is 53.4 Å². The van der Waals surface area contributed by atoms with Gasteiger partial charge >= 0.3 is 0 Å². The molecule has 0 bridgehead atoms. The Kier molecular flexibility index (Phi) is 7.87. The molecule has 2 unspecified atom stereocenters. The summed E-state index contributed by atoms with van der Waals surface area (Å²) < 4.78 is 11.2. The maximum absolute atomic E-state index is 5.58. The van der Waals surface area contributed by atoms with E-state index in [0.29, 0.717) is 19.3 Å². The average molecular weight is 257 g/mol. The summed E-state index contributed by atoms with van der Waals surface area (Å²) in [5, 5.41) is 3.67. The Bertz CT molecular complexity index is 203. The van der Waals surface area contributed by atoms with E-state index in [9.17, 15) is 0 Å². The summed E-state index contributed by atoms with van der Waals surface area (Å²) in [6.07, 6.45) is 5.32. The van der Waals surface area contributed by atoms with Gasteiger partial charge in [-0.1, -0.05) is 26.7 Å². The van der Waals surface area contributed by atoms with Gasteiger partial charge in [0.05, 0.1) is 0 Å². The fraction of sp³-hybridized carbons (Fsp3) is 1.00. The Morgan fingerprint density at radius 3 is 2.22 bits per heavy atom. The molecule has 1 saturated carbocycles. The van der Waals surface area contributed by atoms with E-state index in [0.717, 1.165) is 18.4 Å². The minimum Gasteiger partial charge on any atom is -0.352 e. The first-order valence-corrected chi connectivity index (χ1v) is 7.65. The number of rotatable bonds is 8. The monoisotopic (exact) mass is 257 g/mol. The van der Waals surface area contributed by atoms with Crippen molar-refractivity contribution in [2.45, 2.75) is 65.7 Å². The zero-order valence-electron chi connectivity index (χ0n) is 12.6. The second-order valence-electron chi connectivity index (χ2n) is 5.55. The van der Waals surface area contributed by atoms with Crippen LogP contribution in [0.25, 0.3) is 0 Å². The normalized spacial score (nSPS) is 25.0. The molecule has 0 aromatic rings. The molecule has 1 N–H and O–H groups in total. The zero-order chi connectivity index (χ0) is 13.4. The Balaban J connectivity index is 2.38. The predicted octanol–water partition coefficient (Wildman–Crippen LogP) is 3.19. The molecule has 18 heavy (non-hydrogen) atoms. The first kappa shape index (κ1) is 15.9. The number of ether oxygens (including phenoxy) is 2. The van der Waals surface area contributed by atoms with Gasteiger partial charge in [-0.15, -0.1) is 0 Å². The lowest BCUT2D eigenvalue weighted by Gasteiger charge is -2.35. The summed E-state index contributed by atoms with van der Waals surface area (Å²) in [7, 11) is 0. The minimum atomic E-state index is -0.0882. The quantitative estimate of drug-likeness (QED) is 0.677. The van der Waals surface area contributed by atoms with Gasteiger partial charge in [-0.3, -0.25) is 0 Å². The highest BCUT2D eigenvalue weighted by Gasteiger charge is 2.27. The minimum absolute atomic E-state index is 0.0882. The molecule has 3 heteroatoms. The number of nitrogens with one attached hydrogen (secondary N) is 1. The molecular formula is C15H31NO2. The Morgan fingerprint density at radius 1 is 1.06 bits per heavy atom. The first-order valence-electron chi connectivity index (χ1n) is 7.65. The largest absolute Gasteiger partial charge is 0.352 e. The van der Waals surface area contributed by atoms with Crippen LogP contribution in [-0.2, 0) is 9.47 Å². The summed E-state index contributed by atoms with van der Waals surface area (Å²) in [5.41, 5.74) is 0. The van der Waals surface area contributed by atoms with Gasteiger partial charge in [0.2, 0.25) is 0 Å². The molecule has 2 atom stereocenters. The summed E-state index contributed by atoms with van der Waals surface area (Å²) in [6.45, 7) is 11.0. The van der Waals surface area contributed by atoms with E-state index in [2.05, 4.69) is 19.2 Å². The second-order valence-corrected chi connectivity index (χ2v) is 5.55. The predicted molar refractivity (Wildman–Crippen MR) is 75.6 cm³/mol. The van der Waals surface area contributed by atoms with Crippen molar-refractivity contribution in [3.8, 4) is 0 Å². The molecular weight excluding hydrogens is 226 g/mol. The van der Waals surface area contributed by atoms with E-state index in [-0.39, 0.29) is 6.29 Å². The highest BCUT2D eigenvalue weighted by atomic mass is 16.7. The van der Waals surface area contributed by atoms with Crippen LogP contribution in [0.4, 0.5) is 0 Å². The topological polar surface area (TPSA) is 30.5 Å². The van der Waals surface area contributed by atoms with Crippen molar-refractivity contribution in [3.63, 3.8) is 0 Å². The van der Waals surface area contributed by atoms with Crippen molar-refractivity contribution in [3.05, 3.63) is 0 Å². The van der Waals surface area contributed by atoms with Crippen LogP contribution in [0.3, 0.4) is 0 Å². The lowest BCUT2D eigenvalue weighted by atomic mass is 9.78. The van der Waals surface area contributed by atoms with Crippen LogP contribution >= 0.6 is 0 Å². The molecule has 1 rings (SSSR count). The molecule has 0 aromatic heterocycles. The maximum atomic E-state index is 5.58. The molecule has 1 aliphatic carbocycles. The van der Waals surface area contributed by atoms with E-state index >= 15 is 0 Å². The molecule has 3 nitrogen and oxygen atoms in total. The smallest absolute Gasteiger partial charge is 0.169 e. The zero-order valence-corrected chi connectivity index (χ0v) is 12.6. The van der Waals surface area contributed by atoms with Gasteiger partial charge in [0.1, 0.15) is 0 Å². The molecule has 0 amide bonds. The van der Waals surface area contributed by atoms with Crippen LogP contribution in [0.15, 0.2) is 0 Å². The second kappa shape index (κ2) is 8.89. The summed E-state index contributed by atoms with van der Waals surface area (Å²) >= 11 is 0. The lowest BCUT2D eigenvalue weighted by Crippen LogP contribution is -2.45. The maximum Gasteiger partial charge on any atom is 0.169 e. The highest BCUT2D eigenvalue weighted by Crippen LogP contribution is 2.30. The fourth-order valence-electron chi connectivity index (χ4n) is 3.00. The first-order chi connectivity index (χ1) is 8.69. The van der Waals surface area contributed by atoms with Crippen molar-refractivity contribution >= 4 is 0 Å². The molecule has 0 radical (unpaired) electrons. The Hall–Kier alpha value is -0.120. The van der Waals surface area contributed by atoms with Crippen LogP contribution in [0.2, 0.25) is 0 Å². The molecule has 108 valence electrons. The third kappa shape index (κ3) is 5.25. The van der Waals surface area contributed by atoms with Gasteiger partial charge in [-0.25, -0.2) is 0 Å². The van der Waals surface area contributed by atoms with Gasteiger partial charge in [-0.2, -0.15) is 0 Å².